The van der Waals surface area contributed by atoms with E-state index in [-0.39, 0.29) is 5.41 Å². The van der Waals surface area contributed by atoms with Crippen molar-refractivity contribution in [1.29, 1.82) is 0 Å². The van der Waals surface area contributed by atoms with Crippen LogP contribution in [0, 0.1) is 10.8 Å². The maximum atomic E-state index is 13.2. The van der Waals surface area contributed by atoms with E-state index in [1.807, 2.05) is 31.7 Å². The Morgan fingerprint density at radius 3 is 2.47 bits per heavy atom. The second-order valence-corrected chi connectivity index (χ2v) is 10.5. The fourth-order valence-electron chi connectivity index (χ4n) is 6.20. The lowest BCUT2D eigenvalue weighted by atomic mass is 9.33. The second-order valence-electron chi connectivity index (χ2n) is 10.5. The van der Waals surface area contributed by atoms with Gasteiger partial charge >= 0.3 is 0 Å². The summed E-state index contributed by atoms with van der Waals surface area (Å²) in [6.45, 7) is 5.81. The molecule has 3 aromatic rings. The Kier molecular flexibility index (Phi) is 4.49. The molecule has 4 heterocycles. The summed E-state index contributed by atoms with van der Waals surface area (Å²) in [6, 6.07) is 4.15. The number of carbonyl (C=O) groups excluding carboxylic acids is 1. The van der Waals surface area contributed by atoms with Gasteiger partial charge in [-0.15, -0.1) is 0 Å². The number of likely N-dealkylation sites (N-methyl/N-ethyl adjacent to an activating group) is 1. The van der Waals surface area contributed by atoms with E-state index in [4.69, 9.17) is 0 Å². The van der Waals surface area contributed by atoms with Gasteiger partial charge in [-0.3, -0.25) is 19.4 Å². The van der Waals surface area contributed by atoms with Crippen LogP contribution >= 0.6 is 0 Å². The molecule has 4 fully saturated rings. The number of nitrogens with zero attached hydrogens (tertiary/aromatic N) is 6. The van der Waals surface area contributed by atoms with E-state index in [0.29, 0.717) is 17.6 Å². The summed E-state index contributed by atoms with van der Waals surface area (Å²) < 4.78 is 1.79. The van der Waals surface area contributed by atoms with Crippen molar-refractivity contribution in [3.63, 3.8) is 0 Å². The van der Waals surface area contributed by atoms with Crippen molar-refractivity contribution in [2.24, 2.45) is 17.9 Å². The molecule has 7 rings (SSSR count). The monoisotopic (exact) mass is 430 g/mol. The van der Waals surface area contributed by atoms with Crippen molar-refractivity contribution in [3.8, 4) is 11.1 Å². The maximum Gasteiger partial charge on any atom is 0.145 e. The Bertz CT molecular complexity index is 1170. The number of carbonyl (C=O) groups is 1. The van der Waals surface area contributed by atoms with Crippen LogP contribution in [0.1, 0.15) is 25.0 Å². The third-order valence-corrected chi connectivity index (χ3v) is 7.89. The molecule has 32 heavy (non-hydrogen) atoms. The lowest BCUT2D eigenvalue weighted by Gasteiger charge is -2.71. The molecule has 7 nitrogen and oxygen atoms in total. The number of aromatic nitrogens is 4. The lowest BCUT2D eigenvalue weighted by molar-refractivity contribution is -0.212. The molecule has 3 aromatic heterocycles. The molecule has 0 unspecified atom stereocenters. The van der Waals surface area contributed by atoms with Crippen LogP contribution in [-0.4, -0.2) is 75.1 Å². The second kappa shape index (κ2) is 7.18. The van der Waals surface area contributed by atoms with Crippen LogP contribution in [0.25, 0.3) is 22.0 Å². The highest BCUT2D eigenvalue weighted by Gasteiger charge is 2.70. The molecular formula is C25H30N6O. The molecule has 2 bridgehead atoms. The largest absolute Gasteiger partial charge is 0.304 e. The van der Waals surface area contributed by atoms with Crippen molar-refractivity contribution in [3.05, 3.63) is 42.6 Å². The Balaban J connectivity index is 1.11. The SMILES string of the molecule is CN1CCN(CC23CC(C(=O)Cc4cc5cc(-c6cnn(C)c6)cnc5cn4)(C2)C3)CC1. The van der Waals surface area contributed by atoms with Gasteiger partial charge in [0.1, 0.15) is 5.78 Å². The van der Waals surface area contributed by atoms with Gasteiger partial charge < -0.3 is 9.80 Å². The predicted octanol–water partition coefficient (Wildman–Crippen LogP) is 2.56. The molecule has 4 aliphatic rings. The van der Waals surface area contributed by atoms with Crippen molar-refractivity contribution < 1.29 is 4.79 Å². The van der Waals surface area contributed by atoms with Crippen LogP contribution in [0.5, 0.6) is 0 Å². The van der Waals surface area contributed by atoms with Gasteiger partial charge in [0.05, 0.1) is 17.9 Å². The first-order chi connectivity index (χ1) is 15.4. The topological polar surface area (TPSA) is 67.2 Å². The van der Waals surface area contributed by atoms with E-state index in [0.717, 1.165) is 73.2 Å². The molecule has 3 aliphatic carbocycles. The average Bonchev–Trinajstić information content (AvgIpc) is 3.16. The number of hydrogen-bond acceptors (Lipinski definition) is 6. The summed E-state index contributed by atoms with van der Waals surface area (Å²) in [5.41, 5.74) is 4.11. The van der Waals surface area contributed by atoms with Crippen LogP contribution in [0.15, 0.2) is 36.9 Å². The summed E-state index contributed by atoms with van der Waals surface area (Å²) >= 11 is 0. The van der Waals surface area contributed by atoms with E-state index in [1.165, 1.54) is 6.54 Å². The van der Waals surface area contributed by atoms with Crippen molar-refractivity contribution in [2.75, 3.05) is 39.8 Å². The quantitative estimate of drug-likeness (QED) is 0.599. The van der Waals surface area contributed by atoms with E-state index in [1.54, 1.807) is 10.9 Å². The third kappa shape index (κ3) is 3.35. The lowest BCUT2D eigenvalue weighted by Crippen LogP contribution is -2.69. The number of rotatable bonds is 6. The molecule has 0 amide bonds. The molecule has 0 N–H and O–H groups in total. The summed E-state index contributed by atoms with van der Waals surface area (Å²) in [7, 11) is 4.11. The first-order valence-corrected chi connectivity index (χ1v) is 11.6. The molecule has 0 atom stereocenters. The van der Waals surface area contributed by atoms with Crippen molar-refractivity contribution in [2.45, 2.75) is 25.7 Å². The summed E-state index contributed by atoms with van der Waals surface area (Å²) in [5.74, 6) is 0.376. The van der Waals surface area contributed by atoms with Gasteiger partial charge in [-0.2, -0.15) is 5.10 Å². The number of piperazine rings is 1. The number of Topliss-reactive ketones (excluding diaryl/α,β-unsaturated/α-hetero) is 1. The Hall–Kier alpha value is -2.64. The average molecular weight is 431 g/mol. The fraction of sp³-hybridized carbons (Fsp3) is 0.520. The highest BCUT2D eigenvalue weighted by atomic mass is 16.1. The minimum atomic E-state index is -0.0704. The summed E-state index contributed by atoms with van der Waals surface area (Å²) in [6.07, 6.45) is 11.1. The number of ketones is 1. The third-order valence-electron chi connectivity index (χ3n) is 7.89. The van der Waals surface area contributed by atoms with Gasteiger partial charge in [-0.05, 0) is 43.9 Å². The number of pyridine rings is 2. The molecule has 3 saturated carbocycles. The summed E-state index contributed by atoms with van der Waals surface area (Å²) in [5, 5.41) is 5.27. The Morgan fingerprint density at radius 1 is 0.969 bits per heavy atom. The molecule has 7 heteroatoms. The minimum Gasteiger partial charge on any atom is -0.304 e. The van der Waals surface area contributed by atoms with E-state index in [2.05, 4.69) is 38.0 Å². The smallest absolute Gasteiger partial charge is 0.145 e. The molecular weight excluding hydrogens is 400 g/mol. The Morgan fingerprint density at radius 2 is 1.75 bits per heavy atom. The first kappa shape index (κ1) is 20.0. The normalized spacial score (nSPS) is 27.8. The van der Waals surface area contributed by atoms with Crippen molar-refractivity contribution >= 4 is 16.7 Å². The maximum absolute atomic E-state index is 13.2. The zero-order chi connectivity index (χ0) is 21.9. The molecule has 1 aliphatic heterocycles. The van der Waals surface area contributed by atoms with Gasteiger partial charge in [-0.25, -0.2) is 0 Å². The highest BCUT2D eigenvalue weighted by Crippen LogP contribution is 2.74. The van der Waals surface area contributed by atoms with Crippen LogP contribution in [0.4, 0.5) is 0 Å². The molecule has 1 saturated heterocycles. The summed E-state index contributed by atoms with van der Waals surface area (Å²) in [4.78, 5) is 27.3. The van der Waals surface area contributed by atoms with E-state index >= 15 is 0 Å². The van der Waals surface area contributed by atoms with Gasteiger partial charge in [-0.1, -0.05) is 0 Å². The highest BCUT2D eigenvalue weighted by molar-refractivity contribution is 5.91. The van der Waals surface area contributed by atoms with Gasteiger partial charge in [0.2, 0.25) is 0 Å². The number of fused-ring (bicyclic) bond motifs is 1. The standard InChI is InChI=1S/C25H30N6O/c1-29-3-5-31(6-4-29)17-24-14-25(15-24,16-24)23(32)9-21-8-18-7-19(10-27-22(18)12-26-21)20-11-28-30(2)13-20/h7-8,10-13H,3-6,9,14-17H2,1-2H3. The molecule has 0 spiro atoms. The zero-order valence-electron chi connectivity index (χ0n) is 18.9. The zero-order valence-corrected chi connectivity index (χ0v) is 18.9. The van der Waals surface area contributed by atoms with Crippen LogP contribution in [0.2, 0.25) is 0 Å². The molecule has 0 aromatic carbocycles. The number of hydrogen-bond donors (Lipinski definition) is 0. The van der Waals surface area contributed by atoms with Gasteiger partial charge in [0.25, 0.3) is 0 Å². The van der Waals surface area contributed by atoms with E-state index < -0.39 is 0 Å². The van der Waals surface area contributed by atoms with Crippen LogP contribution < -0.4 is 0 Å². The molecule has 166 valence electrons. The minimum absolute atomic E-state index is 0.0704. The van der Waals surface area contributed by atoms with Crippen LogP contribution in [-0.2, 0) is 18.3 Å². The fourth-order valence-corrected chi connectivity index (χ4v) is 6.20. The van der Waals surface area contributed by atoms with Gasteiger partial charge in [0.15, 0.2) is 0 Å². The predicted molar refractivity (Wildman–Crippen MR) is 123 cm³/mol. The Labute approximate surface area is 188 Å². The van der Waals surface area contributed by atoms with Crippen LogP contribution in [0.3, 0.4) is 0 Å². The van der Waals surface area contributed by atoms with Crippen molar-refractivity contribution in [1.82, 2.24) is 29.5 Å². The number of aryl methyl sites for hydroxylation is 1. The first-order valence-electron chi connectivity index (χ1n) is 11.6. The molecule has 0 radical (unpaired) electrons. The van der Waals surface area contributed by atoms with E-state index in [9.17, 15) is 4.79 Å². The van der Waals surface area contributed by atoms with Gasteiger partial charge in [0, 0.05) is 86.2 Å².